The van der Waals surface area contributed by atoms with Crippen molar-refractivity contribution in [1.29, 1.82) is 0 Å². The summed E-state index contributed by atoms with van der Waals surface area (Å²) in [5.41, 5.74) is 1.53. The lowest BCUT2D eigenvalue weighted by Crippen LogP contribution is -2.76. The largest absolute Gasteiger partial charge is 0.445 e. The Bertz CT molecular complexity index is 1060. The molecule has 0 atom stereocenters. The van der Waals surface area contributed by atoms with Crippen molar-refractivity contribution in [2.75, 3.05) is 0 Å². The van der Waals surface area contributed by atoms with Gasteiger partial charge < -0.3 is 14.2 Å². The van der Waals surface area contributed by atoms with Gasteiger partial charge >= 0.3 is 0 Å². The second-order valence-corrected chi connectivity index (χ2v) is 10.1. The minimum absolute atomic E-state index is 0.0195. The Balaban J connectivity index is 1.14. The zero-order valence-electron chi connectivity index (χ0n) is 14.6. The topological polar surface area (TPSA) is 68.3 Å². The van der Waals surface area contributed by atoms with Crippen molar-refractivity contribution < 1.29 is 13.6 Å². The van der Waals surface area contributed by atoms with Crippen molar-refractivity contribution in [2.45, 2.75) is 53.4 Å². The number of nitrogens with one attached hydrogen (secondary N) is 1. The van der Waals surface area contributed by atoms with Crippen molar-refractivity contribution in [3.63, 3.8) is 0 Å². The van der Waals surface area contributed by atoms with Crippen LogP contribution in [0.2, 0.25) is 0 Å². The van der Waals surface area contributed by atoms with E-state index in [1.165, 1.54) is 12.8 Å². The van der Waals surface area contributed by atoms with E-state index < -0.39 is 0 Å². The highest BCUT2D eigenvalue weighted by Crippen LogP contribution is 2.67. The van der Waals surface area contributed by atoms with Gasteiger partial charge in [-0.05, 0) is 56.4 Å². The molecule has 2 aromatic heterocycles. The number of benzene rings is 1. The lowest BCUT2D eigenvalue weighted by molar-refractivity contribution is -0.0958. The maximum atomic E-state index is 12.6. The molecule has 27 heavy (non-hydrogen) atoms. The van der Waals surface area contributed by atoms with Gasteiger partial charge in [-0.15, -0.1) is 0 Å². The molecule has 0 saturated heterocycles. The molecule has 1 N–H and O–H groups in total. The fourth-order valence-electron chi connectivity index (χ4n) is 4.46. The molecule has 7 heteroatoms. The van der Waals surface area contributed by atoms with E-state index in [4.69, 9.17) is 8.83 Å². The SMILES string of the molecule is O=C(NC12CC(c3nc4cc([Si])ccc4o3)(C1)C2)c1ccc(SC2CC2)o1. The van der Waals surface area contributed by atoms with Crippen molar-refractivity contribution in [3.05, 3.63) is 42.0 Å². The summed E-state index contributed by atoms with van der Waals surface area (Å²) in [5, 5.41) is 5.67. The van der Waals surface area contributed by atoms with Gasteiger partial charge in [0.25, 0.3) is 5.91 Å². The zero-order chi connectivity index (χ0) is 18.2. The summed E-state index contributed by atoms with van der Waals surface area (Å²) in [6.45, 7) is 0. The number of amides is 1. The molecule has 4 aliphatic carbocycles. The van der Waals surface area contributed by atoms with Gasteiger partial charge in [-0.3, -0.25) is 4.79 Å². The molecule has 4 saturated carbocycles. The number of thioether (sulfide) groups is 1. The van der Waals surface area contributed by atoms with Crippen LogP contribution >= 0.6 is 11.8 Å². The Morgan fingerprint density at radius 1 is 1.19 bits per heavy atom. The summed E-state index contributed by atoms with van der Waals surface area (Å²) in [4.78, 5) is 17.2. The average molecular weight is 394 g/mol. The van der Waals surface area contributed by atoms with E-state index in [1.807, 2.05) is 24.3 Å². The first-order chi connectivity index (χ1) is 13.0. The summed E-state index contributed by atoms with van der Waals surface area (Å²) < 4.78 is 11.7. The van der Waals surface area contributed by atoms with Crippen molar-refractivity contribution in [2.24, 2.45) is 0 Å². The van der Waals surface area contributed by atoms with Crippen LogP contribution in [0, 0.1) is 0 Å². The van der Waals surface area contributed by atoms with E-state index in [9.17, 15) is 4.79 Å². The standard InChI is InChI=1S/C20H17N2O3SSi/c23-17(15-5-6-16(24-15)26-11-1-2-11)22-20-8-19(9-20,10-20)18-21-13-7-12(27)3-4-14(13)25-18/h3-7,11H,1-2,8-10H2,(H,22,23). The quantitative estimate of drug-likeness (QED) is 0.675. The number of rotatable bonds is 5. The molecule has 5 nitrogen and oxygen atoms in total. The van der Waals surface area contributed by atoms with E-state index in [2.05, 4.69) is 20.5 Å². The number of furan rings is 1. The summed E-state index contributed by atoms with van der Waals surface area (Å²) in [5.74, 6) is 1.09. The van der Waals surface area contributed by atoms with Crippen LogP contribution in [0.1, 0.15) is 48.5 Å². The van der Waals surface area contributed by atoms with Gasteiger partial charge in [-0.1, -0.05) is 23.0 Å². The lowest BCUT2D eigenvalue weighted by Gasteiger charge is -2.68. The van der Waals surface area contributed by atoms with Crippen LogP contribution in [0.5, 0.6) is 0 Å². The normalized spacial score (nSPS) is 28.6. The Morgan fingerprint density at radius 3 is 2.78 bits per heavy atom. The summed E-state index contributed by atoms with van der Waals surface area (Å²) in [6, 6.07) is 9.54. The molecule has 0 unspecified atom stereocenters. The molecule has 3 radical (unpaired) electrons. The van der Waals surface area contributed by atoms with E-state index in [0.717, 1.165) is 46.5 Å². The molecule has 3 aromatic rings. The third kappa shape index (κ3) is 2.51. The molecular formula is C20H17N2O3SSi. The van der Waals surface area contributed by atoms with Crippen LogP contribution < -0.4 is 10.5 Å². The second kappa shape index (κ2) is 5.29. The number of fused-ring (bicyclic) bond motifs is 1. The first kappa shape index (κ1) is 16.0. The van der Waals surface area contributed by atoms with Crippen LogP contribution in [0.15, 0.2) is 44.3 Å². The summed E-state index contributed by atoms with van der Waals surface area (Å²) in [6.07, 6.45) is 5.12. The fourth-order valence-corrected chi connectivity index (χ4v) is 5.66. The van der Waals surface area contributed by atoms with Crippen molar-refractivity contribution >= 4 is 44.2 Å². The maximum Gasteiger partial charge on any atom is 0.287 e. The van der Waals surface area contributed by atoms with Gasteiger partial charge in [0.15, 0.2) is 16.4 Å². The second-order valence-electron chi connectivity index (χ2n) is 8.18. The summed E-state index contributed by atoms with van der Waals surface area (Å²) >= 11 is 1.72. The molecule has 1 amide bonds. The van der Waals surface area contributed by atoms with Crippen molar-refractivity contribution in [3.8, 4) is 0 Å². The number of carbonyl (C=O) groups excluding carboxylic acids is 1. The van der Waals surface area contributed by atoms with Crippen molar-refractivity contribution in [1.82, 2.24) is 10.3 Å². The number of aromatic nitrogens is 1. The molecule has 7 rings (SSSR count). The van der Waals surface area contributed by atoms with E-state index >= 15 is 0 Å². The van der Waals surface area contributed by atoms with Crippen LogP contribution in [0.4, 0.5) is 0 Å². The van der Waals surface area contributed by atoms with Gasteiger partial charge in [0.1, 0.15) is 5.52 Å². The highest BCUT2D eigenvalue weighted by molar-refractivity contribution is 8.00. The third-order valence-electron chi connectivity index (χ3n) is 5.86. The zero-order valence-corrected chi connectivity index (χ0v) is 16.4. The molecule has 2 bridgehead atoms. The highest BCUT2D eigenvalue weighted by Gasteiger charge is 2.71. The Morgan fingerprint density at radius 2 is 2.00 bits per heavy atom. The maximum absolute atomic E-state index is 12.6. The summed E-state index contributed by atoms with van der Waals surface area (Å²) in [7, 11) is 3.52. The van der Waals surface area contributed by atoms with Gasteiger partial charge in [0, 0.05) is 10.8 Å². The Labute approximate surface area is 163 Å². The number of oxazole rings is 1. The predicted molar refractivity (Wildman–Crippen MR) is 103 cm³/mol. The van der Waals surface area contributed by atoms with E-state index in [0.29, 0.717) is 11.0 Å². The first-order valence-corrected chi connectivity index (χ1v) is 10.6. The molecular weight excluding hydrogens is 376 g/mol. The Hall–Kier alpha value is -1.99. The van der Waals surface area contributed by atoms with Crippen LogP contribution in [-0.4, -0.2) is 31.9 Å². The smallest absolute Gasteiger partial charge is 0.287 e. The minimum atomic E-state index is -0.130. The number of hydrogen-bond donors (Lipinski definition) is 1. The van der Waals surface area contributed by atoms with Crippen LogP contribution in [-0.2, 0) is 5.41 Å². The van der Waals surface area contributed by atoms with Gasteiger partial charge in [0.2, 0.25) is 5.89 Å². The van der Waals surface area contributed by atoms with Gasteiger partial charge in [-0.25, -0.2) is 4.98 Å². The highest BCUT2D eigenvalue weighted by atomic mass is 32.2. The molecule has 135 valence electrons. The van der Waals surface area contributed by atoms with Gasteiger partial charge in [-0.2, -0.15) is 0 Å². The Kier molecular flexibility index (Phi) is 3.14. The number of hydrogen-bond acceptors (Lipinski definition) is 5. The fraction of sp³-hybridized carbons (Fsp3) is 0.400. The van der Waals surface area contributed by atoms with E-state index in [1.54, 1.807) is 17.8 Å². The van der Waals surface area contributed by atoms with Crippen LogP contribution in [0.3, 0.4) is 0 Å². The third-order valence-corrected chi connectivity index (χ3v) is 7.43. The lowest BCUT2D eigenvalue weighted by atomic mass is 9.39. The average Bonchev–Trinajstić information content (AvgIpc) is 3.09. The molecule has 1 aromatic carbocycles. The number of carbonyl (C=O) groups is 1. The monoisotopic (exact) mass is 393 g/mol. The molecule has 2 heterocycles. The molecule has 4 fully saturated rings. The minimum Gasteiger partial charge on any atom is -0.445 e. The van der Waals surface area contributed by atoms with E-state index in [-0.39, 0.29) is 16.9 Å². The number of nitrogens with zero attached hydrogens (tertiary/aromatic N) is 1. The molecule has 4 aliphatic rings. The molecule has 0 spiro atoms. The first-order valence-electron chi connectivity index (χ1n) is 9.24. The predicted octanol–water partition coefficient (Wildman–Crippen LogP) is 3.07. The molecule has 0 aliphatic heterocycles. The van der Waals surface area contributed by atoms with Crippen LogP contribution in [0.25, 0.3) is 11.1 Å². The van der Waals surface area contributed by atoms with Gasteiger partial charge in [0.05, 0.1) is 15.7 Å².